The van der Waals surface area contributed by atoms with E-state index in [0.29, 0.717) is 30.1 Å². The van der Waals surface area contributed by atoms with Crippen LogP contribution in [0.3, 0.4) is 0 Å². The van der Waals surface area contributed by atoms with Crippen LogP contribution in [0.2, 0.25) is 0 Å². The lowest BCUT2D eigenvalue weighted by Gasteiger charge is -2.33. The van der Waals surface area contributed by atoms with E-state index in [4.69, 9.17) is 4.98 Å². The molecular weight excluding hydrogens is 621 g/mol. The standard InChI is InChI=1S/C48H66N2O/c1-9-36(10-2)37-20-22-38(23-21-37)46-31-42(26-27-50-46)47(51)29-35-15-12-16-40(28-35)43(32-48(5,6)7)25-24-39-30-41-17-13-18-44(34(4)49-8)45(41)19-11-14-33(39)3/h13-15,17-19,26-28,31,33-34,36-39,43H,8-10,12,16,20-25,29-30,32H2,1-7H3. The molecule has 3 heteroatoms. The van der Waals surface area contributed by atoms with Crippen LogP contribution in [0.5, 0.6) is 0 Å². The predicted octanol–water partition coefficient (Wildman–Crippen LogP) is 13.3. The highest BCUT2D eigenvalue weighted by Gasteiger charge is 2.29. The largest absolute Gasteiger partial charge is 0.294 e. The summed E-state index contributed by atoms with van der Waals surface area (Å²) in [6.07, 6.45) is 25.8. The summed E-state index contributed by atoms with van der Waals surface area (Å²) in [4.78, 5) is 22.9. The Kier molecular flexibility index (Phi) is 13.7. The molecule has 0 saturated heterocycles. The van der Waals surface area contributed by atoms with E-state index >= 15 is 0 Å². The minimum Gasteiger partial charge on any atom is -0.294 e. The van der Waals surface area contributed by atoms with E-state index < -0.39 is 0 Å². The summed E-state index contributed by atoms with van der Waals surface area (Å²) >= 11 is 0. The van der Waals surface area contributed by atoms with Gasteiger partial charge in [0.05, 0.1) is 6.04 Å². The van der Waals surface area contributed by atoms with Gasteiger partial charge in [-0.15, -0.1) is 5.73 Å². The SMILES string of the molecule is C=NC(C)c1cccc2c1C=C=CC(C)C(CCC(CC(C)(C)C)C1=CC(CC(=O)c3ccnc(C4CCC(C(CC)CC)CC4)c3)=CCC1)C2. The van der Waals surface area contributed by atoms with Gasteiger partial charge in [0, 0.05) is 29.8 Å². The second-order valence-corrected chi connectivity index (χ2v) is 17.4. The summed E-state index contributed by atoms with van der Waals surface area (Å²) in [5.74, 6) is 3.93. The molecule has 0 amide bonds. The van der Waals surface area contributed by atoms with E-state index in [-0.39, 0.29) is 17.2 Å². The molecule has 0 radical (unpaired) electrons. The van der Waals surface area contributed by atoms with Crippen LogP contribution in [0.15, 0.2) is 76.6 Å². The van der Waals surface area contributed by atoms with Crippen molar-refractivity contribution in [3.63, 3.8) is 0 Å². The first-order valence-corrected chi connectivity index (χ1v) is 20.4. The van der Waals surface area contributed by atoms with Crippen LogP contribution in [0, 0.1) is 35.0 Å². The minimum atomic E-state index is 0.0709. The van der Waals surface area contributed by atoms with E-state index in [1.54, 1.807) is 5.57 Å². The minimum absolute atomic E-state index is 0.0709. The van der Waals surface area contributed by atoms with E-state index in [2.05, 4.69) is 114 Å². The van der Waals surface area contributed by atoms with Crippen molar-refractivity contribution < 1.29 is 4.79 Å². The first-order chi connectivity index (χ1) is 24.5. The number of fused-ring (bicyclic) bond motifs is 1. The molecule has 0 N–H and O–H groups in total. The number of aliphatic imine (C=N–C) groups is 1. The van der Waals surface area contributed by atoms with Crippen LogP contribution in [0.25, 0.3) is 6.08 Å². The molecule has 0 spiro atoms. The fourth-order valence-electron chi connectivity index (χ4n) is 9.49. The second kappa shape index (κ2) is 18.0. The Morgan fingerprint density at radius 1 is 1.10 bits per heavy atom. The van der Waals surface area contributed by atoms with Crippen LogP contribution in [0.1, 0.15) is 170 Å². The molecule has 3 nitrogen and oxygen atoms in total. The van der Waals surface area contributed by atoms with Crippen LogP contribution < -0.4 is 0 Å². The Morgan fingerprint density at radius 2 is 1.86 bits per heavy atom. The number of allylic oxidation sites excluding steroid dienone is 5. The Bertz CT molecular complexity index is 1620. The molecule has 5 rings (SSSR count). The number of ketones is 1. The van der Waals surface area contributed by atoms with Gasteiger partial charge in [-0.25, -0.2) is 0 Å². The highest BCUT2D eigenvalue weighted by Crippen LogP contribution is 2.41. The summed E-state index contributed by atoms with van der Waals surface area (Å²) < 4.78 is 0. The molecule has 1 aromatic carbocycles. The van der Waals surface area contributed by atoms with Gasteiger partial charge < -0.3 is 0 Å². The zero-order valence-corrected chi connectivity index (χ0v) is 33.0. The fourth-order valence-corrected chi connectivity index (χ4v) is 9.49. The topological polar surface area (TPSA) is 42.3 Å². The second-order valence-electron chi connectivity index (χ2n) is 17.4. The van der Waals surface area contributed by atoms with Crippen molar-refractivity contribution >= 4 is 18.6 Å². The van der Waals surface area contributed by atoms with Crippen molar-refractivity contribution in [2.75, 3.05) is 0 Å². The lowest BCUT2D eigenvalue weighted by Crippen LogP contribution is -2.21. The first-order valence-electron chi connectivity index (χ1n) is 20.4. The molecule has 4 atom stereocenters. The number of carbonyl (C=O) groups excluding carboxylic acids is 1. The van der Waals surface area contributed by atoms with Crippen molar-refractivity contribution in [1.82, 2.24) is 4.98 Å². The summed E-state index contributed by atoms with van der Waals surface area (Å²) in [5, 5.41) is 0. The lowest BCUT2D eigenvalue weighted by atomic mass is 9.73. The van der Waals surface area contributed by atoms with Gasteiger partial charge >= 0.3 is 0 Å². The number of benzene rings is 1. The van der Waals surface area contributed by atoms with Crippen LogP contribution in [-0.2, 0) is 6.42 Å². The van der Waals surface area contributed by atoms with E-state index in [1.807, 2.05) is 12.3 Å². The molecule has 3 aliphatic rings. The molecule has 4 unspecified atom stereocenters. The molecular formula is C48H66N2O. The van der Waals surface area contributed by atoms with Gasteiger partial charge in [0.25, 0.3) is 0 Å². The van der Waals surface area contributed by atoms with Crippen molar-refractivity contribution in [3.8, 4) is 0 Å². The number of rotatable bonds is 14. The predicted molar refractivity (Wildman–Crippen MR) is 217 cm³/mol. The third-order valence-electron chi connectivity index (χ3n) is 12.6. The number of hydrogen-bond donors (Lipinski definition) is 0. The fraction of sp³-hybridized carbons (Fsp3) is 0.583. The molecule has 1 saturated carbocycles. The maximum atomic E-state index is 13.8. The average Bonchev–Trinajstić information content (AvgIpc) is 3.12. The third-order valence-corrected chi connectivity index (χ3v) is 12.6. The summed E-state index contributed by atoms with van der Waals surface area (Å²) in [6.45, 7) is 20.1. The Hall–Kier alpha value is -3.29. The molecule has 3 aliphatic carbocycles. The normalized spacial score (nSPS) is 23.5. The smallest absolute Gasteiger partial charge is 0.167 e. The third kappa shape index (κ3) is 10.4. The number of nitrogens with zero attached hydrogens (tertiary/aromatic N) is 2. The number of hydrogen-bond acceptors (Lipinski definition) is 3. The van der Waals surface area contributed by atoms with Crippen LogP contribution >= 0.6 is 0 Å². The van der Waals surface area contributed by atoms with E-state index in [1.165, 1.54) is 73.6 Å². The molecule has 1 fully saturated rings. The van der Waals surface area contributed by atoms with Gasteiger partial charge in [0.2, 0.25) is 0 Å². The highest BCUT2D eigenvalue weighted by atomic mass is 16.1. The van der Waals surface area contributed by atoms with Crippen molar-refractivity contribution in [2.45, 2.75) is 144 Å². The average molecular weight is 687 g/mol. The molecule has 274 valence electrons. The Balaban J connectivity index is 1.27. The molecule has 51 heavy (non-hydrogen) atoms. The van der Waals surface area contributed by atoms with Crippen molar-refractivity contribution in [1.29, 1.82) is 0 Å². The maximum absolute atomic E-state index is 13.8. The summed E-state index contributed by atoms with van der Waals surface area (Å²) in [5.41, 5.74) is 12.4. The maximum Gasteiger partial charge on any atom is 0.167 e. The molecule has 0 aliphatic heterocycles. The monoisotopic (exact) mass is 687 g/mol. The van der Waals surface area contributed by atoms with Crippen molar-refractivity contribution in [3.05, 3.63) is 99.6 Å². The van der Waals surface area contributed by atoms with Gasteiger partial charge in [0.15, 0.2) is 5.78 Å². The van der Waals surface area contributed by atoms with Gasteiger partial charge in [-0.05, 0) is 159 Å². The lowest BCUT2D eigenvalue weighted by molar-refractivity contribution is 0.0993. The van der Waals surface area contributed by atoms with E-state index in [9.17, 15) is 4.79 Å². The Labute approximate surface area is 310 Å². The number of aromatic nitrogens is 1. The van der Waals surface area contributed by atoms with Gasteiger partial charge in [-0.2, -0.15) is 0 Å². The van der Waals surface area contributed by atoms with Crippen LogP contribution in [-0.4, -0.2) is 17.5 Å². The first kappa shape index (κ1) is 38.9. The number of carbonyl (C=O) groups is 1. The highest BCUT2D eigenvalue weighted by molar-refractivity contribution is 5.98. The van der Waals surface area contributed by atoms with Gasteiger partial charge in [0.1, 0.15) is 0 Å². The van der Waals surface area contributed by atoms with Gasteiger partial charge in [-0.1, -0.05) is 90.3 Å². The molecule has 1 heterocycles. The Morgan fingerprint density at radius 3 is 2.57 bits per heavy atom. The van der Waals surface area contributed by atoms with Crippen molar-refractivity contribution in [2.24, 2.45) is 40.0 Å². The van der Waals surface area contributed by atoms with E-state index in [0.717, 1.165) is 48.8 Å². The molecule has 0 bridgehead atoms. The zero-order valence-electron chi connectivity index (χ0n) is 33.0. The van der Waals surface area contributed by atoms with Gasteiger partial charge in [-0.3, -0.25) is 14.8 Å². The number of pyridine rings is 1. The quantitative estimate of drug-likeness (QED) is 0.113. The van der Waals surface area contributed by atoms with Crippen LogP contribution in [0.4, 0.5) is 0 Å². The number of Topliss-reactive ketones (excluding diaryl/α,β-unsaturated/α-hetero) is 1. The summed E-state index contributed by atoms with van der Waals surface area (Å²) in [6, 6.07) is 10.8. The summed E-state index contributed by atoms with van der Waals surface area (Å²) in [7, 11) is 0. The zero-order chi connectivity index (χ0) is 36.5. The molecule has 1 aromatic heterocycles. The molecule has 2 aromatic rings.